The van der Waals surface area contributed by atoms with Gasteiger partial charge in [-0.25, -0.2) is 26.6 Å². The molecule has 0 bridgehead atoms. The molecule has 2 aromatic rings. The molecule has 0 radical (unpaired) electrons. The third-order valence-corrected chi connectivity index (χ3v) is 8.38. The second-order valence-corrected chi connectivity index (χ2v) is 10.8. The Balaban J connectivity index is 1.49. The van der Waals surface area contributed by atoms with Crippen LogP contribution in [0.15, 0.2) is 57.3 Å². The summed E-state index contributed by atoms with van der Waals surface area (Å²) < 4.78 is 108. The number of aliphatic imine (C=N–C) groups is 2. The van der Waals surface area contributed by atoms with Crippen molar-refractivity contribution < 1.29 is 39.6 Å². The van der Waals surface area contributed by atoms with Crippen LogP contribution >= 0.6 is 0 Å². The molecule has 0 aliphatic carbocycles. The first-order valence-electron chi connectivity index (χ1n) is 11.4. The Bertz CT molecular complexity index is 1380. The summed E-state index contributed by atoms with van der Waals surface area (Å²) in [4.78, 5) is 19.3. The van der Waals surface area contributed by atoms with Crippen molar-refractivity contribution in [2.75, 3.05) is 6.54 Å². The number of rotatable bonds is 6. The molecular weight excluding hydrogens is 538 g/mol. The molecule has 38 heavy (non-hydrogen) atoms. The molecule has 0 spiro atoms. The average molecular weight is 561 g/mol. The van der Waals surface area contributed by atoms with E-state index in [0.717, 1.165) is 40.9 Å². The van der Waals surface area contributed by atoms with Gasteiger partial charge >= 0.3 is 6.18 Å². The molecule has 2 aliphatic rings. The maximum atomic E-state index is 14.6. The number of amidine groups is 1. The molecule has 7 nitrogen and oxygen atoms in total. The molecule has 14 heteroatoms. The summed E-state index contributed by atoms with van der Waals surface area (Å²) in [6, 6.07) is 5.12. The monoisotopic (exact) mass is 560 g/mol. The lowest BCUT2D eigenvalue weighted by molar-refractivity contribution is -0.124. The molecule has 1 amide bonds. The van der Waals surface area contributed by atoms with Gasteiger partial charge in [0.2, 0.25) is 21.8 Å². The molecule has 1 saturated heterocycles. The quantitative estimate of drug-likeness (QED) is 0.544. The number of halogens is 6. The van der Waals surface area contributed by atoms with E-state index in [1.807, 2.05) is 0 Å². The minimum Gasteiger partial charge on any atom is -0.351 e. The first-order valence-corrected chi connectivity index (χ1v) is 12.9. The highest BCUT2D eigenvalue weighted by molar-refractivity contribution is 7.89. The van der Waals surface area contributed by atoms with Crippen LogP contribution in [0, 0.1) is 11.6 Å². The molecular formula is C24H22F6N4O3S. The number of carbonyl (C=O) groups is 1. The van der Waals surface area contributed by atoms with E-state index in [-0.39, 0.29) is 23.5 Å². The fourth-order valence-corrected chi connectivity index (χ4v) is 6.17. The molecule has 1 N–H and O–H groups in total. The minimum absolute atomic E-state index is 0.0179. The minimum atomic E-state index is -4.72. The van der Waals surface area contributed by atoms with Crippen LogP contribution < -0.4 is 5.32 Å². The normalized spacial score (nSPS) is 24.3. The van der Waals surface area contributed by atoms with Gasteiger partial charge in [-0.15, -0.1) is 0 Å². The summed E-state index contributed by atoms with van der Waals surface area (Å²) in [6.07, 6.45) is -5.80. The van der Waals surface area contributed by atoms with Gasteiger partial charge in [0.05, 0.1) is 17.5 Å². The topological polar surface area (TPSA) is 91.2 Å². The third-order valence-electron chi connectivity index (χ3n) is 6.37. The van der Waals surface area contributed by atoms with E-state index in [9.17, 15) is 39.6 Å². The molecule has 0 aromatic heterocycles. The largest absolute Gasteiger partial charge is 0.451 e. The highest BCUT2D eigenvalue weighted by Gasteiger charge is 2.49. The summed E-state index contributed by atoms with van der Waals surface area (Å²) in [7, 11) is -4.35. The number of carbonyl (C=O) groups excluding carboxylic acids is 1. The lowest BCUT2D eigenvalue weighted by Crippen LogP contribution is -2.48. The number of sulfonamides is 1. The highest BCUT2D eigenvalue weighted by atomic mass is 32.2. The van der Waals surface area contributed by atoms with Crippen LogP contribution in [0.25, 0.3) is 0 Å². The zero-order valence-electron chi connectivity index (χ0n) is 19.8. The van der Waals surface area contributed by atoms with E-state index < -0.39 is 70.2 Å². The fourth-order valence-electron chi connectivity index (χ4n) is 4.36. The SMILES string of the molecule is C[C@H]1[C@H](F)C[C@@H](C(=O)NCc2ccc(F)c(C3C=NC(C(F)(F)F)=NC3)c2)N1S(=O)(=O)c1ccc(F)cc1. The van der Waals surface area contributed by atoms with Gasteiger partial charge < -0.3 is 5.32 Å². The number of hydrogen-bond acceptors (Lipinski definition) is 5. The van der Waals surface area contributed by atoms with Gasteiger partial charge in [0.15, 0.2) is 0 Å². The molecule has 0 saturated carbocycles. The van der Waals surface area contributed by atoms with E-state index in [1.54, 1.807) is 0 Å². The van der Waals surface area contributed by atoms with E-state index >= 15 is 0 Å². The van der Waals surface area contributed by atoms with Crippen LogP contribution in [0.4, 0.5) is 26.3 Å². The first kappa shape index (κ1) is 27.8. The summed E-state index contributed by atoms with van der Waals surface area (Å²) >= 11 is 0. The summed E-state index contributed by atoms with van der Waals surface area (Å²) in [5.41, 5.74) is 0.383. The van der Waals surface area contributed by atoms with Crippen LogP contribution in [0.1, 0.15) is 30.4 Å². The Labute approximate surface area is 214 Å². The van der Waals surface area contributed by atoms with Crippen LogP contribution in [0.3, 0.4) is 0 Å². The van der Waals surface area contributed by atoms with Gasteiger partial charge in [-0.1, -0.05) is 12.1 Å². The van der Waals surface area contributed by atoms with Gasteiger partial charge in [-0.2, -0.15) is 17.5 Å². The molecule has 2 aliphatic heterocycles. The van der Waals surface area contributed by atoms with Gasteiger partial charge in [0, 0.05) is 25.1 Å². The lowest BCUT2D eigenvalue weighted by atomic mass is 9.97. The fraction of sp³-hybridized carbons (Fsp3) is 0.375. The van der Waals surface area contributed by atoms with Crippen LogP contribution in [0.2, 0.25) is 0 Å². The Kier molecular flexibility index (Phi) is 7.66. The van der Waals surface area contributed by atoms with Crippen molar-refractivity contribution in [1.82, 2.24) is 9.62 Å². The molecule has 1 unspecified atom stereocenters. The third kappa shape index (κ3) is 5.60. The van der Waals surface area contributed by atoms with E-state index in [1.165, 1.54) is 19.1 Å². The molecule has 2 heterocycles. The lowest BCUT2D eigenvalue weighted by Gasteiger charge is -2.27. The number of nitrogens with one attached hydrogen (secondary N) is 1. The summed E-state index contributed by atoms with van der Waals surface area (Å²) in [5, 5.41) is 2.52. The zero-order valence-corrected chi connectivity index (χ0v) is 20.6. The Morgan fingerprint density at radius 3 is 2.42 bits per heavy atom. The van der Waals surface area contributed by atoms with Gasteiger partial charge in [0.1, 0.15) is 23.8 Å². The van der Waals surface area contributed by atoms with Crippen molar-refractivity contribution >= 4 is 28.0 Å². The second-order valence-electron chi connectivity index (χ2n) is 8.92. The van der Waals surface area contributed by atoms with Gasteiger partial charge in [-0.3, -0.25) is 9.79 Å². The van der Waals surface area contributed by atoms with Gasteiger partial charge in [-0.05, 0) is 48.4 Å². The molecule has 4 rings (SSSR count). The van der Waals surface area contributed by atoms with Crippen LogP contribution in [-0.4, -0.2) is 61.7 Å². The highest BCUT2D eigenvalue weighted by Crippen LogP contribution is 2.33. The van der Waals surface area contributed by atoms with Crippen molar-refractivity contribution in [3.63, 3.8) is 0 Å². The maximum absolute atomic E-state index is 14.6. The second kappa shape index (κ2) is 10.5. The molecule has 2 aromatic carbocycles. The zero-order chi connectivity index (χ0) is 27.8. The average Bonchev–Trinajstić information content (AvgIpc) is 3.18. The number of amides is 1. The number of benzene rings is 2. The molecule has 204 valence electrons. The number of hydrogen-bond donors (Lipinski definition) is 1. The standard InChI is InChI=1S/C24H22F6N4O3S/c1-13-20(27)9-21(34(13)38(36,37)17-5-3-16(25)4-6-17)22(35)31-10-14-2-7-19(26)18(8-14)15-11-32-23(33-12-15)24(28,29)30/h2-8,11,13,15,20-21H,9-10,12H2,1H3,(H,31,35)/t13-,15?,20+,21-/m0/s1. The molecule has 4 atom stereocenters. The summed E-state index contributed by atoms with van der Waals surface area (Å²) in [5.74, 6) is -4.34. The Hall–Kier alpha value is -3.26. The smallest absolute Gasteiger partial charge is 0.351 e. The predicted molar refractivity (Wildman–Crippen MR) is 126 cm³/mol. The van der Waals surface area contributed by atoms with Crippen molar-refractivity contribution in [3.05, 3.63) is 65.2 Å². The van der Waals surface area contributed by atoms with Crippen LogP contribution in [-0.2, 0) is 21.4 Å². The van der Waals surface area contributed by atoms with Crippen LogP contribution in [0.5, 0.6) is 0 Å². The number of alkyl halides is 4. The van der Waals surface area contributed by atoms with E-state index in [4.69, 9.17) is 0 Å². The summed E-state index contributed by atoms with van der Waals surface area (Å²) in [6.45, 7) is 0.752. The van der Waals surface area contributed by atoms with Crippen molar-refractivity contribution in [2.45, 2.75) is 55.1 Å². The Morgan fingerprint density at radius 2 is 1.82 bits per heavy atom. The van der Waals surface area contributed by atoms with Crippen molar-refractivity contribution in [1.29, 1.82) is 0 Å². The van der Waals surface area contributed by atoms with E-state index in [2.05, 4.69) is 15.3 Å². The van der Waals surface area contributed by atoms with Gasteiger partial charge in [0.25, 0.3) is 0 Å². The first-order chi connectivity index (χ1) is 17.8. The molecule has 1 fully saturated rings. The predicted octanol–water partition coefficient (Wildman–Crippen LogP) is 3.90. The maximum Gasteiger partial charge on any atom is 0.451 e. The number of nitrogens with zero attached hydrogens (tertiary/aromatic N) is 3. The van der Waals surface area contributed by atoms with Crippen molar-refractivity contribution in [3.8, 4) is 0 Å². The van der Waals surface area contributed by atoms with E-state index in [0.29, 0.717) is 5.56 Å². The Morgan fingerprint density at radius 1 is 1.13 bits per heavy atom. The van der Waals surface area contributed by atoms with Crippen molar-refractivity contribution in [2.24, 2.45) is 9.98 Å².